The molecule has 1 aromatic rings. The lowest BCUT2D eigenvalue weighted by atomic mass is 10.3. The molecule has 0 fully saturated rings. The molecule has 2 N–H and O–H groups in total. The topological polar surface area (TPSA) is 102 Å². The molecule has 0 unspecified atom stereocenters. The molecule has 0 spiro atoms. The summed E-state index contributed by atoms with van der Waals surface area (Å²) in [5.74, 6) is -0.441. The van der Waals surface area contributed by atoms with Crippen LogP contribution in [0.15, 0.2) is 22.7 Å². The molecule has 0 saturated carbocycles. The number of nitrogens with zero attached hydrogens (tertiary/aromatic N) is 1. The predicted octanol–water partition coefficient (Wildman–Crippen LogP) is 0.845. The van der Waals surface area contributed by atoms with Crippen LogP contribution in [0, 0.1) is 10.1 Å². The first kappa shape index (κ1) is 14.4. The van der Waals surface area contributed by atoms with Crippen molar-refractivity contribution in [1.82, 2.24) is 5.32 Å². The fourth-order valence-corrected chi connectivity index (χ4v) is 1.49. The van der Waals surface area contributed by atoms with Gasteiger partial charge in [-0.3, -0.25) is 14.9 Å². The molecule has 18 heavy (non-hydrogen) atoms. The quantitative estimate of drug-likeness (QED) is 0.598. The predicted molar refractivity (Wildman–Crippen MR) is 66.4 cm³/mol. The number of rotatable bonds is 6. The molecule has 0 aromatic heterocycles. The molecule has 0 bridgehead atoms. The van der Waals surface area contributed by atoms with Crippen LogP contribution in [0.2, 0.25) is 0 Å². The largest absolute Gasteiger partial charge is 0.477 e. The van der Waals surface area contributed by atoms with Crippen molar-refractivity contribution in [1.29, 1.82) is 0 Å². The number of aliphatic hydroxyl groups excluding tert-OH is 1. The smallest absolute Gasteiger partial charge is 0.312 e. The van der Waals surface area contributed by atoms with Crippen LogP contribution >= 0.6 is 15.9 Å². The van der Waals surface area contributed by atoms with Crippen molar-refractivity contribution < 1.29 is 19.6 Å². The number of aliphatic hydroxyl groups is 1. The molecule has 0 atom stereocenters. The number of ether oxygens (including phenoxy) is 1. The van der Waals surface area contributed by atoms with Gasteiger partial charge in [0.15, 0.2) is 12.4 Å². The van der Waals surface area contributed by atoms with Crippen molar-refractivity contribution in [3.63, 3.8) is 0 Å². The van der Waals surface area contributed by atoms with Crippen LogP contribution in [0.4, 0.5) is 5.69 Å². The van der Waals surface area contributed by atoms with Gasteiger partial charge in [0.2, 0.25) is 0 Å². The van der Waals surface area contributed by atoms with Gasteiger partial charge in [0.05, 0.1) is 11.5 Å². The highest BCUT2D eigenvalue weighted by Crippen LogP contribution is 2.29. The van der Waals surface area contributed by atoms with Crippen molar-refractivity contribution in [2.45, 2.75) is 0 Å². The molecule has 98 valence electrons. The Morgan fingerprint density at radius 1 is 1.56 bits per heavy atom. The van der Waals surface area contributed by atoms with Crippen LogP contribution < -0.4 is 10.1 Å². The Bertz CT molecular complexity index is 452. The highest BCUT2D eigenvalue weighted by molar-refractivity contribution is 9.10. The van der Waals surface area contributed by atoms with E-state index in [0.29, 0.717) is 4.47 Å². The number of carbonyl (C=O) groups excluding carboxylic acids is 1. The lowest BCUT2D eigenvalue weighted by molar-refractivity contribution is -0.385. The summed E-state index contributed by atoms with van der Waals surface area (Å²) in [6.07, 6.45) is 0. The molecule has 0 heterocycles. The molecule has 0 aliphatic rings. The van der Waals surface area contributed by atoms with E-state index < -0.39 is 10.8 Å². The van der Waals surface area contributed by atoms with Gasteiger partial charge in [0.25, 0.3) is 5.91 Å². The van der Waals surface area contributed by atoms with Gasteiger partial charge in [0.1, 0.15) is 0 Å². The van der Waals surface area contributed by atoms with Gasteiger partial charge in [0, 0.05) is 17.1 Å². The molecule has 0 radical (unpaired) electrons. The highest BCUT2D eigenvalue weighted by atomic mass is 79.9. The van der Waals surface area contributed by atoms with Crippen LogP contribution in [0.3, 0.4) is 0 Å². The molecule has 7 nitrogen and oxygen atoms in total. The zero-order valence-corrected chi connectivity index (χ0v) is 10.8. The minimum atomic E-state index is -0.592. The van der Waals surface area contributed by atoms with Crippen LogP contribution in [-0.4, -0.2) is 35.7 Å². The number of nitro benzene ring substituents is 1. The number of halogens is 1. The summed E-state index contributed by atoms with van der Waals surface area (Å²) < 4.78 is 5.60. The Hall–Kier alpha value is -1.67. The number of hydrogen-bond acceptors (Lipinski definition) is 5. The van der Waals surface area contributed by atoms with Crippen LogP contribution in [0.25, 0.3) is 0 Å². The zero-order valence-electron chi connectivity index (χ0n) is 9.26. The second kappa shape index (κ2) is 6.92. The van der Waals surface area contributed by atoms with Gasteiger partial charge in [-0.05, 0) is 12.1 Å². The number of hydrogen-bond donors (Lipinski definition) is 2. The first-order valence-corrected chi connectivity index (χ1v) is 5.78. The van der Waals surface area contributed by atoms with E-state index in [4.69, 9.17) is 9.84 Å². The molecule has 1 rings (SSSR count). The molecular formula is C10H11BrN2O5. The first-order valence-electron chi connectivity index (χ1n) is 4.99. The maximum atomic E-state index is 11.2. The molecule has 1 aromatic carbocycles. The second-order valence-corrected chi connectivity index (χ2v) is 4.15. The van der Waals surface area contributed by atoms with Gasteiger partial charge < -0.3 is 15.2 Å². The van der Waals surface area contributed by atoms with Gasteiger partial charge >= 0.3 is 5.69 Å². The van der Waals surface area contributed by atoms with Crippen molar-refractivity contribution in [2.75, 3.05) is 19.8 Å². The van der Waals surface area contributed by atoms with E-state index >= 15 is 0 Å². The molecule has 0 aliphatic carbocycles. The molecule has 8 heteroatoms. The molecule has 0 aliphatic heterocycles. The summed E-state index contributed by atoms with van der Waals surface area (Å²) in [5, 5.41) is 21.6. The maximum absolute atomic E-state index is 11.2. The van der Waals surface area contributed by atoms with E-state index in [9.17, 15) is 14.9 Å². The SMILES string of the molecule is O=C(COc1ccc(Br)cc1[N+](=O)[O-])NCCO. The Labute approximate surface area is 111 Å². The number of amides is 1. The minimum absolute atomic E-state index is 0.0161. The van der Waals surface area contributed by atoms with E-state index in [2.05, 4.69) is 21.2 Å². The van der Waals surface area contributed by atoms with E-state index in [1.54, 1.807) is 6.07 Å². The highest BCUT2D eigenvalue weighted by Gasteiger charge is 2.16. The van der Waals surface area contributed by atoms with Gasteiger partial charge in [-0.15, -0.1) is 0 Å². The van der Waals surface area contributed by atoms with E-state index in [-0.39, 0.29) is 31.2 Å². The third kappa shape index (κ3) is 4.30. The van der Waals surface area contributed by atoms with Crippen LogP contribution in [0.5, 0.6) is 5.75 Å². The van der Waals surface area contributed by atoms with E-state index in [1.807, 2.05) is 0 Å². The third-order valence-electron chi connectivity index (χ3n) is 1.91. The number of benzene rings is 1. The molecular weight excluding hydrogens is 308 g/mol. The second-order valence-electron chi connectivity index (χ2n) is 3.23. The summed E-state index contributed by atoms with van der Waals surface area (Å²) in [6, 6.07) is 4.27. The summed E-state index contributed by atoms with van der Waals surface area (Å²) >= 11 is 3.11. The number of nitro groups is 1. The van der Waals surface area contributed by atoms with Crippen LogP contribution in [-0.2, 0) is 4.79 Å². The van der Waals surface area contributed by atoms with Crippen LogP contribution in [0.1, 0.15) is 0 Å². The third-order valence-corrected chi connectivity index (χ3v) is 2.40. The van der Waals surface area contributed by atoms with Crippen molar-refractivity contribution in [2.24, 2.45) is 0 Å². The zero-order chi connectivity index (χ0) is 13.5. The van der Waals surface area contributed by atoms with Crippen molar-refractivity contribution in [3.8, 4) is 5.75 Å². The number of nitrogens with one attached hydrogen (secondary N) is 1. The Kier molecular flexibility index (Phi) is 5.53. The summed E-state index contributed by atoms with van der Waals surface area (Å²) in [4.78, 5) is 21.4. The normalized spacial score (nSPS) is 9.89. The summed E-state index contributed by atoms with van der Waals surface area (Å²) in [6.45, 7) is -0.405. The average molecular weight is 319 g/mol. The molecule has 1 amide bonds. The van der Waals surface area contributed by atoms with Crippen molar-refractivity contribution in [3.05, 3.63) is 32.8 Å². The fourth-order valence-electron chi connectivity index (χ4n) is 1.14. The average Bonchev–Trinajstić information content (AvgIpc) is 2.34. The summed E-state index contributed by atoms with van der Waals surface area (Å²) in [7, 11) is 0. The standard InChI is InChI=1S/C10H11BrN2O5/c11-7-1-2-9(8(5-7)13(16)17)18-6-10(15)12-3-4-14/h1-2,5,14H,3-4,6H2,(H,12,15). The number of carbonyl (C=O) groups is 1. The van der Waals surface area contributed by atoms with Gasteiger partial charge in [-0.2, -0.15) is 0 Å². The monoisotopic (exact) mass is 318 g/mol. The summed E-state index contributed by atoms with van der Waals surface area (Å²) in [5.41, 5.74) is -0.223. The van der Waals surface area contributed by atoms with E-state index in [1.165, 1.54) is 12.1 Å². The van der Waals surface area contributed by atoms with Gasteiger partial charge in [-0.25, -0.2) is 0 Å². The minimum Gasteiger partial charge on any atom is -0.477 e. The Morgan fingerprint density at radius 3 is 2.89 bits per heavy atom. The first-order chi connectivity index (χ1) is 8.54. The van der Waals surface area contributed by atoms with E-state index in [0.717, 1.165) is 0 Å². The Morgan fingerprint density at radius 2 is 2.28 bits per heavy atom. The Balaban J connectivity index is 2.67. The van der Waals surface area contributed by atoms with Crippen molar-refractivity contribution >= 4 is 27.5 Å². The lowest BCUT2D eigenvalue weighted by Gasteiger charge is -2.07. The lowest BCUT2D eigenvalue weighted by Crippen LogP contribution is -2.31. The van der Waals surface area contributed by atoms with Gasteiger partial charge in [-0.1, -0.05) is 15.9 Å². The maximum Gasteiger partial charge on any atom is 0.312 e. The fraction of sp³-hybridized carbons (Fsp3) is 0.300. The molecule has 0 saturated heterocycles.